The highest BCUT2D eigenvalue weighted by Gasteiger charge is 2.21. The zero-order chi connectivity index (χ0) is 10.6. The zero-order valence-electron chi connectivity index (χ0n) is 9.03. The smallest absolute Gasteiger partial charge is 0.308 e. The van der Waals surface area contributed by atoms with Crippen molar-refractivity contribution in [1.82, 2.24) is 0 Å². The van der Waals surface area contributed by atoms with Crippen LogP contribution in [0.1, 0.15) is 39.5 Å². The Hall–Kier alpha value is -0.180. The maximum atomic E-state index is 11.2. The Morgan fingerprint density at radius 2 is 2.21 bits per heavy atom. The van der Waals surface area contributed by atoms with E-state index in [9.17, 15) is 4.79 Å². The zero-order valence-corrected chi connectivity index (χ0v) is 9.93. The van der Waals surface area contributed by atoms with Crippen molar-refractivity contribution in [3.8, 4) is 0 Å². The third kappa shape index (κ3) is 3.91. The number of rotatable bonds is 3. The Bertz CT molecular complexity index is 192. The van der Waals surface area contributed by atoms with Gasteiger partial charge < -0.3 is 4.74 Å². The van der Waals surface area contributed by atoms with Crippen LogP contribution in [0, 0.1) is 11.8 Å². The molecule has 0 bridgehead atoms. The van der Waals surface area contributed by atoms with Gasteiger partial charge in [0, 0.05) is 5.25 Å². The van der Waals surface area contributed by atoms with Crippen molar-refractivity contribution in [1.29, 1.82) is 0 Å². The summed E-state index contributed by atoms with van der Waals surface area (Å²) in [5, 5.41) is 0.506. The van der Waals surface area contributed by atoms with Crippen molar-refractivity contribution in [3.05, 3.63) is 0 Å². The van der Waals surface area contributed by atoms with E-state index in [0.717, 1.165) is 6.42 Å². The van der Waals surface area contributed by atoms with Gasteiger partial charge in [-0.25, -0.2) is 0 Å². The average Bonchev–Trinajstić information content (AvgIpc) is 2.14. The third-order valence-electron chi connectivity index (χ3n) is 2.69. The number of hydrogen-bond acceptors (Lipinski definition) is 3. The lowest BCUT2D eigenvalue weighted by Gasteiger charge is -2.25. The van der Waals surface area contributed by atoms with Crippen molar-refractivity contribution < 1.29 is 9.53 Å². The molecule has 1 aliphatic rings. The molecule has 0 saturated heterocycles. The van der Waals surface area contributed by atoms with Crippen LogP contribution in [0.5, 0.6) is 0 Å². The van der Waals surface area contributed by atoms with Gasteiger partial charge in [-0.1, -0.05) is 20.3 Å². The topological polar surface area (TPSA) is 26.3 Å². The lowest BCUT2D eigenvalue weighted by molar-refractivity contribution is -0.149. The molecule has 0 spiro atoms. The minimum absolute atomic E-state index is 0.00890. The summed E-state index contributed by atoms with van der Waals surface area (Å²) < 4.78 is 5.22. The van der Waals surface area contributed by atoms with E-state index in [2.05, 4.69) is 12.6 Å². The summed E-state index contributed by atoms with van der Waals surface area (Å²) in [5.74, 6) is 0.450. The Morgan fingerprint density at radius 3 is 2.79 bits per heavy atom. The lowest BCUT2D eigenvalue weighted by atomic mass is 9.89. The predicted molar refractivity (Wildman–Crippen MR) is 60.5 cm³/mol. The Labute approximate surface area is 91.8 Å². The van der Waals surface area contributed by atoms with Crippen LogP contribution in [0.15, 0.2) is 0 Å². The Kier molecular flexibility index (Phi) is 4.79. The van der Waals surface area contributed by atoms with Crippen molar-refractivity contribution in [2.24, 2.45) is 11.8 Å². The molecule has 82 valence electrons. The van der Waals surface area contributed by atoms with E-state index in [-0.39, 0.29) is 11.9 Å². The van der Waals surface area contributed by atoms with Gasteiger partial charge in [-0.15, -0.1) is 0 Å². The van der Waals surface area contributed by atoms with Crippen molar-refractivity contribution in [2.45, 2.75) is 44.8 Å². The molecule has 0 N–H and O–H groups in total. The van der Waals surface area contributed by atoms with Crippen LogP contribution < -0.4 is 0 Å². The van der Waals surface area contributed by atoms with E-state index < -0.39 is 0 Å². The number of hydrogen-bond donors (Lipinski definition) is 1. The van der Waals surface area contributed by atoms with Crippen LogP contribution in [-0.2, 0) is 9.53 Å². The Morgan fingerprint density at radius 1 is 1.50 bits per heavy atom. The number of ether oxygens (including phenoxy) is 1. The summed E-state index contributed by atoms with van der Waals surface area (Å²) in [6.45, 7) is 4.32. The second kappa shape index (κ2) is 5.64. The number of carbonyl (C=O) groups excluding carboxylic acids is 1. The first-order chi connectivity index (χ1) is 6.59. The maximum absolute atomic E-state index is 11.2. The van der Waals surface area contributed by atoms with E-state index in [1.54, 1.807) is 0 Å². The maximum Gasteiger partial charge on any atom is 0.308 e. The van der Waals surface area contributed by atoms with Gasteiger partial charge in [-0.05, 0) is 25.2 Å². The molecule has 3 heteroatoms. The van der Waals surface area contributed by atoms with Gasteiger partial charge in [-0.2, -0.15) is 12.6 Å². The van der Waals surface area contributed by atoms with E-state index in [1.807, 2.05) is 13.8 Å². The molecule has 1 rings (SSSR count). The molecule has 0 aromatic carbocycles. The molecule has 0 aliphatic heterocycles. The number of thiol groups is 1. The molecule has 1 fully saturated rings. The quantitative estimate of drug-likeness (QED) is 0.580. The molecule has 2 atom stereocenters. The third-order valence-corrected chi connectivity index (χ3v) is 3.16. The second-order valence-electron chi connectivity index (χ2n) is 4.47. The van der Waals surface area contributed by atoms with Crippen LogP contribution in [0.3, 0.4) is 0 Å². The van der Waals surface area contributed by atoms with Crippen LogP contribution in [0.4, 0.5) is 0 Å². The summed E-state index contributed by atoms with van der Waals surface area (Å²) in [6, 6.07) is 0. The molecule has 1 aliphatic carbocycles. The molecule has 0 heterocycles. The monoisotopic (exact) mass is 216 g/mol. The van der Waals surface area contributed by atoms with Gasteiger partial charge in [0.15, 0.2) is 0 Å². The van der Waals surface area contributed by atoms with E-state index >= 15 is 0 Å². The largest absolute Gasteiger partial charge is 0.465 e. The number of carbonyl (C=O) groups is 1. The van der Waals surface area contributed by atoms with Gasteiger partial charge in [0.05, 0.1) is 12.5 Å². The molecule has 14 heavy (non-hydrogen) atoms. The summed E-state index contributed by atoms with van der Waals surface area (Å²) in [6.07, 6.45) is 4.70. The van der Waals surface area contributed by atoms with E-state index in [0.29, 0.717) is 17.8 Å². The molecule has 0 aromatic heterocycles. The van der Waals surface area contributed by atoms with Crippen LogP contribution in [0.25, 0.3) is 0 Å². The normalized spacial score (nSPS) is 27.7. The van der Waals surface area contributed by atoms with Gasteiger partial charge >= 0.3 is 5.97 Å². The molecule has 1 saturated carbocycles. The highest BCUT2D eigenvalue weighted by atomic mass is 32.1. The second-order valence-corrected chi connectivity index (χ2v) is 5.20. The highest BCUT2D eigenvalue weighted by Crippen LogP contribution is 2.27. The molecular weight excluding hydrogens is 196 g/mol. The molecule has 2 nitrogen and oxygen atoms in total. The summed E-state index contributed by atoms with van der Waals surface area (Å²) >= 11 is 4.47. The van der Waals surface area contributed by atoms with Crippen LogP contribution in [-0.4, -0.2) is 17.8 Å². The molecule has 0 amide bonds. The first kappa shape index (κ1) is 11.9. The molecule has 2 unspecified atom stereocenters. The van der Waals surface area contributed by atoms with Crippen molar-refractivity contribution in [3.63, 3.8) is 0 Å². The summed E-state index contributed by atoms with van der Waals surface area (Å²) in [7, 11) is 0. The standard InChI is InChI=1S/C11H20O2S/c1-8(2)11(12)13-7-9-4-3-5-10(14)6-9/h8-10,14H,3-7H2,1-2H3. The fourth-order valence-corrected chi connectivity index (χ4v) is 2.26. The minimum atomic E-state index is -0.0775. The predicted octanol–water partition coefficient (Wildman–Crippen LogP) is 2.67. The van der Waals surface area contributed by atoms with Gasteiger partial charge in [0.1, 0.15) is 0 Å². The van der Waals surface area contributed by atoms with Gasteiger partial charge in [0.25, 0.3) is 0 Å². The van der Waals surface area contributed by atoms with Crippen molar-refractivity contribution in [2.75, 3.05) is 6.61 Å². The average molecular weight is 216 g/mol. The van der Waals surface area contributed by atoms with Crippen LogP contribution >= 0.6 is 12.6 Å². The van der Waals surface area contributed by atoms with Crippen LogP contribution in [0.2, 0.25) is 0 Å². The van der Waals surface area contributed by atoms with Gasteiger partial charge in [-0.3, -0.25) is 4.79 Å². The molecule has 0 radical (unpaired) electrons. The van der Waals surface area contributed by atoms with E-state index in [4.69, 9.17) is 4.74 Å². The SMILES string of the molecule is CC(C)C(=O)OCC1CCCC(S)C1. The number of esters is 1. The first-order valence-electron chi connectivity index (χ1n) is 5.44. The summed E-state index contributed by atoms with van der Waals surface area (Å²) in [4.78, 5) is 11.2. The fraction of sp³-hybridized carbons (Fsp3) is 0.909. The fourth-order valence-electron chi connectivity index (χ4n) is 1.78. The van der Waals surface area contributed by atoms with Crippen molar-refractivity contribution >= 4 is 18.6 Å². The summed E-state index contributed by atoms with van der Waals surface area (Å²) in [5.41, 5.74) is 0. The lowest BCUT2D eigenvalue weighted by Crippen LogP contribution is -2.23. The molecular formula is C11H20O2S. The minimum Gasteiger partial charge on any atom is -0.465 e. The Balaban J connectivity index is 2.20. The van der Waals surface area contributed by atoms with Gasteiger partial charge in [0.2, 0.25) is 0 Å². The molecule has 0 aromatic rings. The first-order valence-corrected chi connectivity index (χ1v) is 5.96. The highest BCUT2D eigenvalue weighted by molar-refractivity contribution is 7.80. The van der Waals surface area contributed by atoms with E-state index in [1.165, 1.54) is 19.3 Å².